The first-order chi connectivity index (χ1) is 11.7. The number of rotatable bonds is 6. The summed E-state index contributed by atoms with van der Waals surface area (Å²) in [5.74, 6) is 0.732. The van der Waals surface area contributed by atoms with Crippen LogP contribution in [0, 0.1) is 6.92 Å². The van der Waals surface area contributed by atoms with Crippen LogP contribution in [0.2, 0.25) is 0 Å². The van der Waals surface area contributed by atoms with Gasteiger partial charge in [-0.3, -0.25) is 4.79 Å². The number of aryl methyl sites for hydroxylation is 1. The predicted octanol–water partition coefficient (Wildman–Crippen LogP) is 4.18. The minimum absolute atomic E-state index is 0.147. The molecular formula is C20H20O4. The van der Waals surface area contributed by atoms with E-state index in [0.29, 0.717) is 36.4 Å². The van der Waals surface area contributed by atoms with E-state index < -0.39 is 0 Å². The largest absolute Gasteiger partial charge is 0.486 e. The van der Waals surface area contributed by atoms with Crippen LogP contribution in [0.4, 0.5) is 0 Å². The molecule has 3 aromatic rings. The third kappa shape index (κ3) is 3.34. The van der Waals surface area contributed by atoms with Crippen molar-refractivity contribution in [2.24, 2.45) is 0 Å². The molecule has 0 bridgehead atoms. The Kier molecular flexibility index (Phi) is 4.96. The summed E-state index contributed by atoms with van der Waals surface area (Å²) >= 11 is 0. The van der Waals surface area contributed by atoms with Crippen LogP contribution in [0.15, 0.2) is 57.7 Å². The number of ether oxygens (including phenoxy) is 2. The standard InChI is InChI=1S/C20H20O4/c1-14-7-5-8-15(13-14)19-20(23-12-6-11-22-2)18(21)16-9-3-4-10-17(16)24-19/h3-5,7-10,13H,6,11-12H2,1-2H3. The van der Waals surface area contributed by atoms with Crippen molar-refractivity contribution < 1.29 is 13.9 Å². The van der Waals surface area contributed by atoms with Crippen molar-refractivity contribution in [3.63, 3.8) is 0 Å². The molecular weight excluding hydrogens is 304 g/mol. The molecule has 4 heteroatoms. The zero-order chi connectivity index (χ0) is 16.9. The van der Waals surface area contributed by atoms with E-state index in [1.54, 1.807) is 19.2 Å². The lowest BCUT2D eigenvalue weighted by molar-refractivity contribution is 0.171. The highest BCUT2D eigenvalue weighted by molar-refractivity contribution is 5.81. The fourth-order valence-electron chi connectivity index (χ4n) is 2.61. The van der Waals surface area contributed by atoms with Crippen molar-refractivity contribution in [2.45, 2.75) is 13.3 Å². The van der Waals surface area contributed by atoms with Gasteiger partial charge in [0.15, 0.2) is 5.76 Å². The van der Waals surface area contributed by atoms with Crippen molar-refractivity contribution in [3.05, 3.63) is 64.3 Å². The second-order valence-corrected chi connectivity index (χ2v) is 5.65. The molecule has 0 aliphatic heterocycles. The highest BCUT2D eigenvalue weighted by Gasteiger charge is 2.17. The Labute approximate surface area is 140 Å². The molecule has 124 valence electrons. The summed E-state index contributed by atoms with van der Waals surface area (Å²) < 4.78 is 16.8. The van der Waals surface area contributed by atoms with Crippen molar-refractivity contribution in [3.8, 4) is 17.1 Å². The maximum absolute atomic E-state index is 12.9. The van der Waals surface area contributed by atoms with E-state index in [2.05, 4.69) is 0 Å². The summed E-state index contributed by atoms with van der Waals surface area (Å²) in [6.07, 6.45) is 0.704. The van der Waals surface area contributed by atoms with Gasteiger partial charge in [0.2, 0.25) is 11.2 Å². The molecule has 1 aromatic heterocycles. The second-order valence-electron chi connectivity index (χ2n) is 5.65. The molecule has 3 rings (SSSR count). The molecule has 0 aliphatic carbocycles. The molecule has 0 aliphatic rings. The molecule has 24 heavy (non-hydrogen) atoms. The maximum Gasteiger partial charge on any atom is 0.235 e. The Hall–Kier alpha value is -2.59. The molecule has 0 N–H and O–H groups in total. The fraction of sp³-hybridized carbons (Fsp3) is 0.250. The predicted molar refractivity (Wildman–Crippen MR) is 94.6 cm³/mol. The maximum atomic E-state index is 12.9. The lowest BCUT2D eigenvalue weighted by Gasteiger charge is -2.12. The van der Waals surface area contributed by atoms with Crippen LogP contribution in [-0.4, -0.2) is 20.3 Å². The number of benzene rings is 2. The fourth-order valence-corrected chi connectivity index (χ4v) is 2.61. The molecule has 1 heterocycles. The Morgan fingerprint density at radius 1 is 1.04 bits per heavy atom. The van der Waals surface area contributed by atoms with Gasteiger partial charge in [0.25, 0.3) is 0 Å². The Bertz CT molecular complexity index is 896. The quantitative estimate of drug-likeness (QED) is 0.638. The monoisotopic (exact) mass is 324 g/mol. The first-order valence-electron chi connectivity index (χ1n) is 7.95. The molecule has 0 saturated carbocycles. The molecule has 0 amide bonds. The summed E-state index contributed by atoms with van der Waals surface area (Å²) in [6.45, 7) is 2.98. The minimum atomic E-state index is -0.147. The first kappa shape index (κ1) is 16.3. The van der Waals surface area contributed by atoms with Crippen LogP contribution in [0.5, 0.6) is 5.75 Å². The molecule has 0 atom stereocenters. The van der Waals surface area contributed by atoms with Gasteiger partial charge in [-0.05, 0) is 25.1 Å². The van der Waals surface area contributed by atoms with Gasteiger partial charge < -0.3 is 13.9 Å². The number of methoxy groups -OCH3 is 1. The van der Waals surface area contributed by atoms with E-state index in [4.69, 9.17) is 13.9 Å². The van der Waals surface area contributed by atoms with E-state index in [-0.39, 0.29) is 11.2 Å². The van der Waals surface area contributed by atoms with Crippen molar-refractivity contribution in [2.75, 3.05) is 20.3 Å². The van der Waals surface area contributed by atoms with Crippen LogP contribution in [0.25, 0.3) is 22.3 Å². The average Bonchev–Trinajstić information content (AvgIpc) is 2.60. The van der Waals surface area contributed by atoms with Gasteiger partial charge in [-0.1, -0.05) is 35.9 Å². The van der Waals surface area contributed by atoms with E-state index in [1.807, 2.05) is 43.3 Å². The van der Waals surface area contributed by atoms with Gasteiger partial charge in [0.05, 0.1) is 12.0 Å². The van der Waals surface area contributed by atoms with Gasteiger partial charge in [0, 0.05) is 25.7 Å². The topological polar surface area (TPSA) is 48.7 Å². The summed E-state index contributed by atoms with van der Waals surface area (Å²) in [7, 11) is 1.64. The molecule has 0 unspecified atom stereocenters. The van der Waals surface area contributed by atoms with Crippen LogP contribution in [0.3, 0.4) is 0 Å². The Balaban J connectivity index is 2.12. The van der Waals surface area contributed by atoms with Crippen LogP contribution < -0.4 is 10.2 Å². The second kappa shape index (κ2) is 7.32. The lowest BCUT2D eigenvalue weighted by Crippen LogP contribution is -2.12. The zero-order valence-corrected chi connectivity index (χ0v) is 13.9. The average molecular weight is 324 g/mol. The van der Waals surface area contributed by atoms with Gasteiger partial charge in [-0.15, -0.1) is 0 Å². The molecule has 0 saturated heterocycles. The van der Waals surface area contributed by atoms with Gasteiger partial charge >= 0.3 is 0 Å². The Morgan fingerprint density at radius 3 is 2.67 bits per heavy atom. The van der Waals surface area contributed by atoms with Crippen LogP contribution in [-0.2, 0) is 4.74 Å². The third-order valence-electron chi connectivity index (χ3n) is 3.78. The third-order valence-corrected chi connectivity index (χ3v) is 3.78. The smallest absolute Gasteiger partial charge is 0.235 e. The SMILES string of the molecule is COCCCOc1c(-c2cccc(C)c2)oc2ccccc2c1=O. The summed E-state index contributed by atoms with van der Waals surface area (Å²) in [6, 6.07) is 15.1. The minimum Gasteiger partial charge on any atom is -0.486 e. The summed E-state index contributed by atoms with van der Waals surface area (Å²) in [4.78, 5) is 12.9. The zero-order valence-electron chi connectivity index (χ0n) is 13.9. The normalized spacial score (nSPS) is 10.9. The molecule has 2 aromatic carbocycles. The summed E-state index contributed by atoms with van der Waals surface area (Å²) in [5.41, 5.74) is 2.34. The Morgan fingerprint density at radius 2 is 1.88 bits per heavy atom. The van der Waals surface area contributed by atoms with Crippen molar-refractivity contribution in [1.82, 2.24) is 0 Å². The molecule has 4 nitrogen and oxygen atoms in total. The van der Waals surface area contributed by atoms with Gasteiger partial charge in [-0.2, -0.15) is 0 Å². The highest BCUT2D eigenvalue weighted by Crippen LogP contribution is 2.31. The number of para-hydroxylation sites is 1. The molecule has 0 spiro atoms. The number of hydrogen-bond acceptors (Lipinski definition) is 4. The highest BCUT2D eigenvalue weighted by atomic mass is 16.5. The van der Waals surface area contributed by atoms with Crippen LogP contribution >= 0.6 is 0 Å². The van der Waals surface area contributed by atoms with E-state index in [0.717, 1.165) is 11.1 Å². The van der Waals surface area contributed by atoms with E-state index in [1.165, 1.54) is 0 Å². The van der Waals surface area contributed by atoms with E-state index >= 15 is 0 Å². The van der Waals surface area contributed by atoms with E-state index in [9.17, 15) is 4.79 Å². The van der Waals surface area contributed by atoms with Gasteiger partial charge in [0.1, 0.15) is 5.58 Å². The summed E-state index contributed by atoms with van der Waals surface area (Å²) in [5, 5.41) is 0.524. The molecule has 0 fully saturated rings. The molecule has 0 radical (unpaired) electrons. The van der Waals surface area contributed by atoms with Crippen molar-refractivity contribution >= 4 is 11.0 Å². The van der Waals surface area contributed by atoms with Crippen LogP contribution in [0.1, 0.15) is 12.0 Å². The van der Waals surface area contributed by atoms with Crippen molar-refractivity contribution in [1.29, 1.82) is 0 Å². The lowest BCUT2D eigenvalue weighted by atomic mass is 10.1. The van der Waals surface area contributed by atoms with Gasteiger partial charge in [-0.25, -0.2) is 0 Å². The first-order valence-corrected chi connectivity index (χ1v) is 7.95. The number of fused-ring (bicyclic) bond motifs is 1. The number of hydrogen-bond donors (Lipinski definition) is 0.